The second-order valence-corrected chi connectivity index (χ2v) is 4.34. The number of nitrogens with one attached hydrogen (secondary N) is 1. The molecule has 0 aromatic heterocycles. The largest absolute Gasteiger partial charge is 0.480 e. The van der Waals surface area contributed by atoms with Crippen molar-refractivity contribution in [3.8, 4) is 0 Å². The number of carbonyl (C=O) groups is 1. The number of aliphatic hydroxyl groups is 1. The van der Waals surface area contributed by atoms with Crippen LogP contribution in [0.3, 0.4) is 0 Å². The van der Waals surface area contributed by atoms with Gasteiger partial charge in [-0.2, -0.15) is 13.2 Å². The van der Waals surface area contributed by atoms with E-state index in [9.17, 15) is 23.1 Å². The molecule has 0 spiro atoms. The molecule has 0 amide bonds. The molecule has 0 saturated heterocycles. The van der Waals surface area contributed by atoms with Crippen LogP contribution in [0.25, 0.3) is 0 Å². The first-order valence-corrected chi connectivity index (χ1v) is 5.35. The van der Waals surface area contributed by atoms with Crippen LogP contribution in [-0.2, 0) is 9.53 Å². The van der Waals surface area contributed by atoms with Crippen LogP contribution in [-0.4, -0.2) is 53.3 Å². The van der Waals surface area contributed by atoms with Gasteiger partial charge in [0, 0.05) is 6.54 Å². The molecule has 0 bridgehead atoms. The number of rotatable bonds is 7. The van der Waals surface area contributed by atoms with Crippen molar-refractivity contribution < 1.29 is 32.9 Å². The van der Waals surface area contributed by atoms with Crippen molar-refractivity contribution in [2.45, 2.75) is 44.7 Å². The maximum Gasteiger partial charge on any atom is 0.417 e. The summed E-state index contributed by atoms with van der Waals surface area (Å²) in [6, 6.07) is 0. The predicted octanol–water partition coefficient (Wildman–Crippen LogP) is 0.767. The van der Waals surface area contributed by atoms with Crippen molar-refractivity contribution in [3.05, 3.63) is 0 Å². The second-order valence-electron chi connectivity index (χ2n) is 4.34. The Balaban J connectivity index is 4.43. The fourth-order valence-electron chi connectivity index (χ4n) is 0.981. The topological polar surface area (TPSA) is 78.8 Å². The van der Waals surface area contributed by atoms with Crippen molar-refractivity contribution in [2.24, 2.45) is 0 Å². The summed E-state index contributed by atoms with van der Waals surface area (Å²) in [6.07, 6.45) is -6.35. The molecule has 2 atom stereocenters. The Morgan fingerprint density at radius 2 is 1.89 bits per heavy atom. The summed E-state index contributed by atoms with van der Waals surface area (Å²) in [7, 11) is 0. The van der Waals surface area contributed by atoms with E-state index in [1.165, 1.54) is 0 Å². The van der Waals surface area contributed by atoms with Gasteiger partial charge < -0.3 is 14.9 Å². The van der Waals surface area contributed by atoms with Gasteiger partial charge in [-0.1, -0.05) is 0 Å². The average Bonchev–Trinajstić information content (AvgIpc) is 2.20. The molecule has 0 rings (SSSR count). The number of carboxylic acid groups (broad SMARTS) is 1. The maximum atomic E-state index is 12.6. The van der Waals surface area contributed by atoms with Gasteiger partial charge in [0.1, 0.15) is 0 Å². The molecule has 0 aliphatic heterocycles. The Bertz CT molecular complexity index is 283. The number of aliphatic carboxylic acids is 1. The van der Waals surface area contributed by atoms with Crippen molar-refractivity contribution in [1.82, 2.24) is 5.32 Å². The molecule has 0 saturated carbocycles. The number of aliphatic hydroxyl groups excluding tert-OH is 1. The molecule has 5 nitrogen and oxygen atoms in total. The van der Waals surface area contributed by atoms with Gasteiger partial charge in [0.05, 0.1) is 18.8 Å². The zero-order valence-electron chi connectivity index (χ0n) is 10.4. The van der Waals surface area contributed by atoms with Gasteiger partial charge in [0.2, 0.25) is 5.54 Å². The van der Waals surface area contributed by atoms with Crippen LogP contribution < -0.4 is 5.32 Å². The van der Waals surface area contributed by atoms with Crippen molar-refractivity contribution >= 4 is 5.97 Å². The van der Waals surface area contributed by atoms with Gasteiger partial charge in [0.15, 0.2) is 0 Å². The van der Waals surface area contributed by atoms with Crippen molar-refractivity contribution in [2.75, 3.05) is 13.2 Å². The summed E-state index contributed by atoms with van der Waals surface area (Å²) in [5.41, 5.74) is -3.09. The third-order valence-electron chi connectivity index (χ3n) is 2.31. The highest BCUT2D eigenvalue weighted by atomic mass is 19.4. The Kier molecular flexibility index (Phi) is 6.05. The van der Waals surface area contributed by atoms with Gasteiger partial charge in [-0.05, 0) is 20.8 Å². The molecule has 108 valence electrons. The molecular formula is C10H18F3NO4. The lowest BCUT2D eigenvalue weighted by atomic mass is 10.0. The molecule has 8 heteroatoms. The van der Waals surface area contributed by atoms with Crippen molar-refractivity contribution in [3.63, 3.8) is 0 Å². The fraction of sp³-hybridized carbons (Fsp3) is 0.900. The SMILES string of the molecule is CC(C)OCC(O)CNC(C)(C(=O)O)C(F)(F)F. The highest BCUT2D eigenvalue weighted by Gasteiger charge is 2.57. The molecule has 0 radical (unpaired) electrons. The van der Waals surface area contributed by atoms with Gasteiger partial charge in [0.25, 0.3) is 0 Å². The highest BCUT2D eigenvalue weighted by Crippen LogP contribution is 2.30. The van der Waals surface area contributed by atoms with Crippen LogP contribution in [0.5, 0.6) is 0 Å². The van der Waals surface area contributed by atoms with Crippen LogP contribution in [0.15, 0.2) is 0 Å². The molecule has 2 unspecified atom stereocenters. The predicted molar refractivity (Wildman–Crippen MR) is 57.2 cm³/mol. The number of β-amino-alcohol motifs (C(OH)–C–C–N with tert-alkyl or cyclic N) is 1. The summed E-state index contributed by atoms with van der Waals surface area (Å²) >= 11 is 0. The van der Waals surface area contributed by atoms with Gasteiger partial charge in [-0.3, -0.25) is 5.32 Å². The molecule has 0 aromatic carbocycles. The first-order valence-electron chi connectivity index (χ1n) is 5.35. The smallest absolute Gasteiger partial charge is 0.417 e. The second kappa shape index (κ2) is 6.35. The molecule has 0 heterocycles. The van der Waals surface area contributed by atoms with E-state index in [1.807, 2.05) is 0 Å². The minimum Gasteiger partial charge on any atom is -0.480 e. The van der Waals surface area contributed by atoms with Gasteiger partial charge in [-0.15, -0.1) is 0 Å². The van der Waals surface area contributed by atoms with Crippen LogP contribution in [0.4, 0.5) is 13.2 Å². The highest BCUT2D eigenvalue weighted by molar-refractivity contribution is 5.79. The van der Waals surface area contributed by atoms with E-state index in [2.05, 4.69) is 0 Å². The average molecular weight is 273 g/mol. The van der Waals surface area contributed by atoms with E-state index in [-0.39, 0.29) is 12.7 Å². The summed E-state index contributed by atoms with van der Waals surface area (Å²) in [5, 5.41) is 19.8. The van der Waals surface area contributed by atoms with Crippen LogP contribution in [0.2, 0.25) is 0 Å². The molecule has 0 fully saturated rings. The standard InChI is InChI=1S/C10H18F3NO4/c1-6(2)18-5-7(15)4-14-9(3,8(16)17)10(11,12)13/h6-7,14-15H,4-5H2,1-3H3,(H,16,17). The Hall–Kier alpha value is -0.860. The number of alkyl halides is 3. The Morgan fingerprint density at radius 1 is 1.39 bits per heavy atom. The zero-order valence-corrected chi connectivity index (χ0v) is 10.4. The first kappa shape index (κ1) is 17.1. The molecule has 3 N–H and O–H groups in total. The van der Waals surface area contributed by atoms with E-state index in [0.717, 1.165) is 0 Å². The Morgan fingerprint density at radius 3 is 2.22 bits per heavy atom. The number of ether oxygens (including phenoxy) is 1. The third-order valence-corrected chi connectivity index (χ3v) is 2.31. The Labute approximate surface area is 103 Å². The molecule has 18 heavy (non-hydrogen) atoms. The van der Waals surface area contributed by atoms with Crippen LogP contribution >= 0.6 is 0 Å². The van der Waals surface area contributed by atoms with E-state index in [4.69, 9.17) is 9.84 Å². The number of halogens is 3. The van der Waals surface area contributed by atoms with E-state index in [1.54, 1.807) is 19.2 Å². The normalized spacial score (nSPS) is 17.6. The fourth-order valence-corrected chi connectivity index (χ4v) is 0.981. The number of carboxylic acids is 1. The number of hydrogen-bond donors (Lipinski definition) is 3. The zero-order chi connectivity index (χ0) is 14.6. The monoisotopic (exact) mass is 273 g/mol. The van der Waals surface area contributed by atoms with Crippen LogP contribution in [0, 0.1) is 0 Å². The summed E-state index contributed by atoms with van der Waals surface area (Å²) in [6.45, 7) is 3.22. The van der Waals surface area contributed by atoms with Gasteiger partial charge >= 0.3 is 12.1 Å². The molecule has 0 aliphatic carbocycles. The van der Waals surface area contributed by atoms with E-state index >= 15 is 0 Å². The van der Waals surface area contributed by atoms with Crippen molar-refractivity contribution in [1.29, 1.82) is 0 Å². The minimum atomic E-state index is -4.96. The van der Waals surface area contributed by atoms with Gasteiger partial charge in [-0.25, -0.2) is 4.79 Å². The summed E-state index contributed by atoms with van der Waals surface area (Å²) in [4.78, 5) is 10.7. The maximum absolute atomic E-state index is 12.6. The first-order chi connectivity index (χ1) is 8.00. The lowest BCUT2D eigenvalue weighted by molar-refractivity contribution is -0.206. The quantitative estimate of drug-likeness (QED) is 0.638. The van der Waals surface area contributed by atoms with Crippen LogP contribution in [0.1, 0.15) is 20.8 Å². The third kappa shape index (κ3) is 4.79. The summed E-state index contributed by atoms with van der Waals surface area (Å²) < 4.78 is 42.7. The number of hydrogen-bond acceptors (Lipinski definition) is 4. The lowest BCUT2D eigenvalue weighted by Crippen LogP contribution is -2.61. The summed E-state index contributed by atoms with van der Waals surface area (Å²) in [5.74, 6) is -2.05. The molecular weight excluding hydrogens is 255 g/mol. The lowest BCUT2D eigenvalue weighted by Gasteiger charge is -2.29. The van der Waals surface area contributed by atoms with E-state index < -0.39 is 30.3 Å². The minimum absolute atomic E-state index is 0.168. The van der Waals surface area contributed by atoms with E-state index in [0.29, 0.717) is 6.92 Å². The molecule has 0 aliphatic rings. The molecule has 0 aromatic rings.